The number of rotatable bonds is 6. The Morgan fingerprint density at radius 3 is 2.53 bits per heavy atom. The normalized spacial score (nSPS) is 10.1. The van der Waals surface area contributed by atoms with Crippen molar-refractivity contribution >= 4 is 17.5 Å². The third-order valence-electron chi connectivity index (χ3n) is 2.63. The Morgan fingerprint density at radius 2 is 2.00 bits per heavy atom. The van der Waals surface area contributed by atoms with E-state index in [9.17, 15) is 4.79 Å². The van der Waals surface area contributed by atoms with E-state index in [1.165, 1.54) is 0 Å². The van der Waals surface area contributed by atoms with Crippen molar-refractivity contribution in [2.45, 2.75) is 12.8 Å². The van der Waals surface area contributed by atoms with Gasteiger partial charge in [-0.2, -0.15) is 0 Å². The topological polar surface area (TPSA) is 29.5 Å². The molecule has 1 aromatic carbocycles. The zero-order valence-electron chi connectivity index (χ0n) is 10.3. The van der Waals surface area contributed by atoms with Gasteiger partial charge in [0.1, 0.15) is 5.75 Å². The van der Waals surface area contributed by atoms with E-state index in [4.69, 9.17) is 16.3 Å². The van der Waals surface area contributed by atoms with E-state index in [0.29, 0.717) is 18.8 Å². The van der Waals surface area contributed by atoms with Crippen LogP contribution in [0.3, 0.4) is 0 Å². The molecule has 0 atom stereocenters. The molecule has 0 heterocycles. The largest absolute Gasteiger partial charge is 0.497 e. The minimum Gasteiger partial charge on any atom is -0.497 e. The van der Waals surface area contributed by atoms with Gasteiger partial charge in [-0.25, -0.2) is 0 Å². The molecular weight excluding hydrogens is 238 g/mol. The Balaban J connectivity index is 2.41. The monoisotopic (exact) mass is 255 g/mol. The van der Waals surface area contributed by atoms with Crippen molar-refractivity contribution in [2.75, 3.05) is 26.6 Å². The molecular formula is C13H18ClNO2. The molecule has 0 aromatic heterocycles. The van der Waals surface area contributed by atoms with E-state index in [2.05, 4.69) is 0 Å². The first-order valence-corrected chi connectivity index (χ1v) is 6.13. The fraction of sp³-hybridized carbons (Fsp3) is 0.462. The quantitative estimate of drug-likeness (QED) is 0.730. The number of benzene rings is 1. The van der Waals surface area contributed by atoms with Crippen molar-refractivity contribution < 1.29 is 9.53 Å². The summed E-state index contributed by atoms with van der Waals surface area (Å²) in [7, 11) is 3.42. The number of hydrogen-bond acceptors (Lipinski definition) is 2. The third kappa shape index (κ3) is 4.65. The number of methoxy groups -OCH3 is 1. The lowest BCUT2D eigenvalue weighted by Gasteiger charge is -2.15. The van der Waals surface area contributed by atoms with Gasteiger partial charge in [-0.15, -0.1) is 11.6 Å². The van der Waals surface area contributed by atoms with Gasteiger partial charge in [0.15, 0.2) is 0 Å². The molecule has 0 radical (unpaired) electrons. The van der Waals surface area contributed by atoms with E-state index >= 15 is 0 Å². The second-order valence-corrected chi connectivity index (χ2v) is 4.23. The fourth-order valence-corrected chi connectivity index (χ4v) is 1.74. The van der Waals surface area contributed by atoms with Crippen molar-refractivity contribution in [3.63, 3.8) is 0 Å². The highest BCUT2D eigenvalue weighted by Gasteiger charge is 2.07. The van der Waals surface area contributed by atoms with Crippen molar-refractivity contribution in [1.82, 2.24) is 4.90 Å². The lowest BCUT2D eigenvalue weighted by atomic mass is 10.1. The third-order valence-corrected chi connectivity index (χ3v) is 2.80. The Kier molecular flexibility index (Phi) is 5.84. The van der Waals surface area contributed by atoms with Crippen LogP contribution in [0.2, 0.25) is 0 Å². The molecule has 1 rings (SSSR count). The van der Waals surface area contributed by atoms with Crippen LogP contribution < -0.4 is 4.74 Å². The maximum atomic E-state index is 11.7. The highest BCUT2D eigenvalue weighted by molar-refractivity contribution is 6.18. The molecule has 0 spiro atoms. The predicted octanol–water partition coefficient (Wildman–Crippen LogP) is 2.33. The van der Waals surface area contributed by atoms with Crippen LogP contribution in [-0.2, 0) is 11.2 Å². The zero-order valence-corrected chi connectivity index (χ0v) is 11.0. The van der Waals surface area contributed by atoms with Gasteiger partial charge in [0, 0.05) is 25.9 Å². The van der Waals surface area contributed by atoms with Crippen LogP contribution in [0.5, 0.6) is 5.75 Å². The Labute approximate surface area is 107 Å². The van der Waals surface area contributed by atoms with Crippen LogP contribution in [0.1, 0.15) is 12.0 Å². The van der Waals surface area contributed by atoms with E-state index in [-0.39, 0.29) is 5.91 Å². The molecule has 17 heavy (non-hydrogen) atoms. The van der Waals surface area contributed by atoms with Crippen LogP contribution in [-0.4, -0.2) is 37.4 Å². The molecule has 3 nitrogen and oxygen atoms in total. The smallest absolute Gasteiger partial charge is 0.222 e. The number of aryl methyl sites for hydroxylation is 1. The second-order valence-electron chi connectivity index (χ2n) is 3.85. The summed E-state index contributed by atoms with van der Waals surface area (Å²) in [4.78, 5) is 13.3. The first kappa shape index (κ1) is 13.8. The van der Waals surface area contributed by atoms with Gasteiger partial charge >= 0.3 is 0 Å². The zero-order chi connectivity index (χ0) is 12.7. The number of ether oxygens (including phenoxy) is 1. The minimum atomic E-state index is 0.126. The number of amides is 1. The summed E-state index contributed by atoms with van der Waals surface area (Å²) >= 11 is 5.58. The lowest BCUT2D eigenvalue weighted by molar-refractivity contribution is -0.129. The van der Waals surface area contributed by atoms with Crippen LogP contribution in [0, 0.1) is 0 Å². The molecule has 1 aromatic rings. The molecule has 0 bridgehead atoms. The molecule has 0 saturated heterocycles. The Hall–Kier alpha value is -1.22. The van der Waals surface area contributed by atoms with Crippen LogP contribution in [0.4, 0.5) is 0 Å². The predicted molar refractivity (Wildman–Crippen MR) is 69.7 cm³/mol. The molecule has 0 saturated carbocycles. The van der Waals surface area contributed by atoms with Gasteiger partial charge in [0.25, 0.3) is 0 Å². The van der Waals surface area contributed by atoms with E-state index < -0.39 is 0 Å². The Morgan fingerprint density at radius 1 is 1.35 bits per heavy atom. The molecule has 0 aliphatic heterocycles. The van der Waals surface area contributed by atoms with Crippen molar-refractivity contribution in [3.8, 4) is 5.75 Å². The molecule has 0 fully saturated rings. The highest BCUT2D eigenvalue weighted by atomic mass is 35.5. The number of carbonyl (C=O) groups is 1. The summed E-state index contributed by atoms with van der Waals surface area (Å²) in [6.45, 7) is 0.600. The summed E-state index contributed by atoms with van der Waals surface area (Å²) in [6, 6.07) is 7.77. The number of halogens is 1. The lowest BCUT2D eigenvalue weighted by Crippen LogP contribution is -2.28. The number of carbonyl (C=O) groups excluding carboxylic acids is 1. The summed E-state index contributed by atoms with van der Waals surface area (Å²) in [5, 5.41) is 0. The van der Waals surface area contributed by atoms with E-state index in [1.807, 2.05) is 24.3 Å². The molecule has 0 aliphatic rings. The van der Waals surface area contributed by atoms with Crippen LogP contribution in [0.15, 0.2) is 24.3 Å². The molecule has 0 unspecified atom stereocenters. The summed E-state index contributed by atoms with van der Waals surface area (Å²) in [6.07, 6.45) is 1.26. The van der Waals surface area contributed by atoms with Crippen molar-refractivity contribution in [3.05, 3.63) is 29.8 Å². The summed E-state index contributed by atoms with van der Waals surface area (Å²) in [5.41, 5.74) is 1.14. The summed E-state index contributed by atoms with van der Waals surface area (Å²) < 4.78 is 5.08. The average Bonchev–Trinajstić information content (AvgIpc) is 2.36. The average molecular weight is 256 g/mol. The maximum absolute atomic E-state index is 11.7. The number of nitrogens with zero attached hydrogens (tertiary/aromatic N) is 1. The van der Waals surface area contributed by atoms with Crippen LogP contribution >= 0.6 is 11.6 Å². The highest BCUT2D eigenvalue weighted by Crippen LogP contribution is 2.12. The maximum Gasteiger partial charge on any atom is 0.222 e. The van der Waals surface area contributed by atoms with E-state index in [1.54, 1.807) is 19.1 Å². The van der Waals surface area contributed by atoms with E-state index in [0.717, 1.165) is 17.7 Å². The first-order chi connectivity index (χ1) is 8.17. The molecule has 4 heteroatoms. The van der Waals surface area contributed by atoms with Crippen LogP contribution in [0.25, 0.3) is 0 Å². The van der Waals surface area contributed by atoms with Gasteiger partial charge in [-0.05, 0) is 24.1 Å². The Bertz CT molecular complexity index is 351. The SMILES string of the molecule is COc1ccc(CCC(=O)N(C)CCCl)cc1. The van der Waals surface area contributed by atoms with Gasteiger partial charge < -0.3 is 9.64 Å². The standard InChI is InChI=1S/C13H18ClNO2/c1-15(10-9-14)13(16)8-5-11-3-6-12(17-2)7-4-11/h3-4,6-7H,5,8-10H2,1-2H3. The fourth-order valence-electron chi connectivity index (χ4n) is 1.49. The molecule has 94 valence electrons. The van der Waals surface area contributed by atoms with Gasteiger partial charge in [-0.1, -0.05) is 12.1 Å². The van der Waals surface area contributed by atoms with Crippen molar-refractivity contribution in [1.29, 1.82) is 0 Å². The van der Waals surface area contributed by atoms with Gasteiger partial charge in [-0.3, -0.25) is 4.79 Å². The number of alkyl halides is 1. The van der Waals surface area contributed by atoms with Gasteiger partial charge in [0.05, 0.1) is 7.11 Å². The van der Waals surface area contributed by atoms with Gasteiger partial charge in [0.2, 0.25) is 5.91 Å². The first-order valence-electron chi connectivity index (χ1n) is 5.60. The molecule has 0 N–H and O–H groups in total. The molecule has 1 amide bonds. The van der Waals surface area contributed by atoms with Crippen molar-refractivity contribution in [2.24, 2.45) is 0 Å². The minimum absolute atomic E-state index is 0.126. The second kappa shape index (κ2) is 7.17. The number of hydrogen-bond donors (Lipinski definition) is 0. The molecule has 0 aliphatic carbocycles. The summed E-state index contributed by atoms with van der Waals surface area (Å²) in [5.74, 6) is 1.44.